The Bertz CT molecular complexity index is 562. The third-order valence-corrected chi connectivity index (χ3v) is 4.61. The van der Waals surface area contributed by atoms with Crippen LogP contribution in [-0.2, 0) is 11.2 Å². The molecule has 1 aromatic rings. The van der Waals surface area contributed by atoms with Gasteiger partial charge in [0.1, 0.15) is 0 Å². The summed E-state index contributed by atoms with van der Waals surface area (Å²) in [6.07, 6.45) is 4.23. The van der Waals surface area contributed by atoms with Gasteiger partial charge in [-0.05, 0) is 37.3 Å². The highest BCUT2D eigenvalue weighted by atomic mass is 16.5. The second-order valence-corrected chi connectivity index (χ2v) is 5.97. The first kappa shape index (κ1) is 18.4. The van der Waals surface area contributed by atoms with E-state index in [0.717, 1.165) is 31.4 Å². The maximum absolute atomic E-state index is 12.6. The number of piperidine rings is 1. The number of methoxy groups -OCH3 is 3. The van der Waals surface area contributed by atoms with Crippen LogP contribution >= 0.6 is 0 Å². The molecule has 0 radical (unpaired) electrons. The molecule has 1 fully saturated rings. The van der Waals surface area contributed by atoms with E-state index in [1.165, 1.54) is 0 Å². The molecule has 6 heteroatoms. The van der Waals surface area contributed by atoms with E-state index in [1.807, 2.05) is 17.0 Å². The lowest BCUT2D eigenvalue weighted by atomic mass is 10.0. The van der Waals surface area contributed by atoms with Crippen LogP contribution in [0.5, 0.6) is 17.2 Å². The third kappa shape index (κ3) is 3.93. The summed E-state index contributed by atoms with van der Waals surface area (Å²) < 4.78 is 16.2. The number of carbonyl (C=O) groups is 1. The minimum Gasteiger partial charge on any atom is -0.493 e. The summed E-state index contributed by atoms with van der Waals surface area (Å²) in [6, 6.07) is 3.94. The van der Waals surface area contributed by atoms with E-state index in [0.29, 0.717) is 36.6 Å². The van der Waals surface area contributed by atoms with Crippen LogP contribution in [0, 0.1) is 0 Å². The summed E-state index contributed by atoms with van der Waals surface area (Å²) in [6.45, 7) is 1.34. The van der Waals surface area contributed by atoms with Crippen molar-refractivity contribution in [3.05, 3.63) is 17.7 Å². The lowest BCUT2D eigenvalue weighted by Crippen LogP contribution is -2.47. The fourth-order valence-corrected chi connectivity index (χ4v) is 3.32. The molecule has 0 aliphatic carbocycles. The molecule has 1 atom stereocenters. The van der Waals surface area contributed by atoms with Crippen molar-refractivity contribution in [3.8, 4) is 17.2 Å². The molecule has 0 spiro atoms. The number of ether oxygens (including phenoxy) is 3. The van der Waals surface area contributed by atoms with Crippen LogP contribution in [0.1, 0.15) is 31.2 Å². The molecule has 1 aliphatic rings. The van der Waals surface area contributed by atoms with E-state index < -0.39 is 0 Å². The van der Waals surface area contributed by atoms with Gasteiger partial charge in [0.05, 0.1) is 21.3 Å². The number of hydrogen-bond donors (Lipinski definition) is 1. The van der Waals surface area contributed by atoms with Crippen LogP contribution in [0.3, 0.4) is 0 Å². The summed E-state index contributed by atoms with van der Waals surface area (Å²) in [5.74, 6) is 1.95. The average molecular weight is 336 g/mol. The van der Waals surface area contributed by atoms with Crippen molar-refractivity contribution >= 4 is 5.91 Å². The van der Waals surface area contributed by atoms with Gasteiger partial charge in [0.15, 0.2) is 11.5 Å². The normalized spacial score (nSPS) is 17.5. The Kier molecular flexibility index (Phi) is 6.73. The lowest BCUT2D eigenvalue weighted by Gasteiger charge is -2.35. The zero-order chi connectivity index (χ0) is 17.5. The number of nitrogens with two attached hydrogens (primary N) is 1. The molecule has 1 saturated heterocycles. The Morgan fingerprint density at radius 1 is 1.17 bits per heavy atom. The van der Waals surface area contributed by atoms with E-state index in [-0.39, 0.29) is 11.9 Å². The molecule has 0 bridgehead atoms. The van der Waals surface area contributed by atoms with Crippen LogP contribution in [0.2, 0.25) is 0 Å². The van der Waals surface area contributed by atoms with Gasteiger partial charge in [-0.1, -0.05) is 6.07 Å². The van der Waals surface area contributed by atoms with Crippen molar-refractivity contribution in [2.24, 2.45) is 5.73 Å². The van der Waals surface area contributed by atoms with Crippen molar-refractivity contribution in [1.29, 1.82) is 0 Å². The predicted molar refractivity (Wildman–Crippen MR) is 92.8 cm³/mol. The molecule has 24 heavy (non-hydrogen) atoms. The molecule has 1 amide bonds. The summed E-state index contributed by atoms with van der Waals surface area (Å²) in [5, 5.41) is 0. The first-order valence-corrected chi connectivity index (χ1v) is 8.43. The van der Waals surface area contributed by atoms with Crippen LogP contribution in [0.4, 0.5) is 0 Å². The Morgan fingerprint density at radius 2 is 1.92 bits per heavy atom. The summed E-state index contributed by atoms with van der Waals surface area (Å²) in [5.41, 5.74) is 6.74. The molecule has 1 aliphatic heterocycles. The number of likely N-dealkylation sites (tertiary alicyclic amines) is 1. The van der Waals surface area contributed by atoms with Crippen molar-refractivity contribution < 1.29 is 19.0 Å². The predicted octanol–water partition coefficient (Wildman–Crippen LogP) is 1.98. The molecule has 134 valence electrons. The van der Waals surface area contributed by atoms with Gasteiger partial charge in [-0.2, -0.15) is 0 Å². The molecule has 6 nitrogen and oxygen atoms in total. The minimum atomic E-state index is 0.155. The number of rotatable bonds is 7. The van der Waals surface area contributed by atoms with Gasteiger partial charge in [-0.3, -0.25) is 4.79 Å². The van der Waals surface area contributed by atoms with Crippen molar-refractivity contribution in [1.82, 2.24) is 4.90 Å². The summed E-state index contributed by atoms with van der Waals surface area (Å²) in [4.78, 5) is 14.5. The van der Waals surface area contributed by atoms with Crippen LogP contribution in [0.15, 0.2) is 12.1 Å². The third-order valence-electron chi connectivity index (χ3n) is 4.61. The smallest absolute Gasteiger partial charge is 0.223 e. The maximum atomic E-state index is 12.6. The minimum absolute atomic E-state index is 0.155. The van der Waals surface area contributed by atoms with Crippen LogP contribution in [-0.4, -0.2) is 51.3 Å². The highest BCUT2D eigenvalue weighted by Gasteiger charge is 2.25. The summed E-state index contributed by atoms with van der Waals surface area (Å²) in [7, 11) is 4.76. The van der Waals surface area contributed by atoms with Crippen molar-refractivity contribution in [3.63, 3.8) is 0 Å². The Morgan fingerprint density at radius 3 is 2.54 bits per heavy atom. The highest BCUT2D eigenvalue weighted by Crippen LogP contribution is 2.40. The number of nitrogens with zero attached hydrogens (tertiary/aromatic N) is 1. The van der Waals surface area contributed by atoms with Gasteiger partial charge in [0.2, 0.25) is 11.7 Å². The molecule has 0 saturated carbocycles. The average Bonchev–Trinajstić information content (AvgIpc) is 2.64. The number of benzene rings is 1. The molecule has 1 aromatic carbocycles. The standard InChI is InChI=1S/C18H28N2O4/c1-22-15-9-7-13(17(23-2)18(15)24-3)8-10-16(21)20-11-5-4-6-14(20)12-19/h7,9,14H,4-6,8,10-12,19H2,1-3H3. The van der Waals surface area contributed by atoms with Gasteiger partial charge in [0.25, 0.3) is 0 Å². The molecular weight excluding hydrogens is 308 g/mol. The first-order chi connectivity index (χ1) is 11.7. The first-order valence-electron chi connectivity index (χ1n) is 8.43. The monoisotopic (exact) mass is 336 g/mol. The zero-order valence-electron chi connectivity index (χ0n) is 14.8. The zero-order valence-corrected chi connectivity index (χ0v) is 14.8. The van der Waals surface area contributed by atoms with E-state index in [9.17, 15) is 4.79 Å². The van der Waals surface area contributed by atoms with Gasteiger partial charge < -0.3 is 24.8 Å². The maximum Gasteiger partial charge on any atom is 0.223 e. The van der Waals surface area contributed by atoms with E-state index in [4.69, 9.17) is 19.9 Å². The quantitative estimate of drug-likeness (QED) is 0.824. The molecule has 1 heterocycles. The molecule has 0 aromatic heterocycles. The fourth-order valence-electron chi connectivity index (χ4n) is 3.32. The summed E-state index contributed by atoms with van der Waals surface area (Å²) >= 11 is 0. The van der Waals surface area contributed by atoms with Gasteiger partial charge in [0, 0.05) is 25.6 Å². The fraction of sp³-hybridized carbons (Fsp3) is 0.611. The second kappa shape index (κ2) is 8.78. The van der Waals surface area contributed by atoms with Gasteiger partial charge in [-0.25, -0.2) is 0 Å². The number of amides is 1. The largest absolute Gasteiger partial charge is 0.493 e. The highest BCUT2D eigenvalue weighted by molar-refractivity contribution is 5.77. The van der Waals surface area contributed by atoms with Crippen LogP contribution < -0.4 is 19.9 Å². The number of aryl methyl sites for hydroxylation is 1. The molecular formula is C18H28N2O4. The van der Waals surface area contributed by atoms with Gasteiger partial charge >= 0.3 is 0 Å². The Labute approximate surface area is 143 Å². The van der Waals surface area contributed by atoms with Crippen molar-refractivity contribution in [2.75, 3.05) is 34.4 Å². The topological polar surface area (TPSA) is 74.0 Å². The van der Waals surface area contributed by atoms with Crippen molar-refractivity contribution in [2.45, 2.75) is 38.1 Å². The van der Waals surface area contributed by atoms with Gasteiger partial charge in [-0.15, -0.1) is 0 Å². The SMILES string of the molecule is COc1ccc(CCC(=O)N2CCCCC2CN)c(OC)c1OC. The molecule has 2 rings (SSSR count). The lowest BCUT2D eigenvalue weighted by molar-refractivity contribution is -0.134. The number of hydrogen-bond acceptors (Lipinski definition) is 5. The van der Waals surface area contributed by atoms with Crippen LogP contribution in [0.25, 0.3) is 0 Å². The second-order valence-electron chi connectivity index (χ2n) is 5.97. The molecule has 1 unspecified atom stereocenters. The van der Waals surface area contributed by atoms with E-state index in [1.54, 1.807) is 21.3 Å². The Hall–Kier alpha value is -1.95. The number of carbonyl (C=O) groups excluding carboxylic acids is 1. The van der Waals surface area contributed by atoms with E-state index >= 15 is 0 Å². The molecule has 2 N–H and O–H groups in total. The van der Waals surface area contributed by atoms with E-state index in [2.05, 4.69) is 0 Å². The Balaban J connectivity index is 2.09.